The monoisotopic (exact) mass is 398 g/mol. The molecule has 0 unspecified atom stereocenters. The molecule has 0 amide bonds. The average Bonchev–Trinajstić information content (AvgIpc) is 2.52. The fourth-order valence-electron chi connectivity index (χ4n) is 1.77. The van der Waals surface area contributed by atoms with E-state index in [2.05, 4.69) is 0 Å². The molecule has 2 aromatic carbocycles. The SMILES string of the molecule is O=Cc1ccccc1C[Se][Se]Cc1ccccc1C=O. The molecular weight excluding hydrogens is 382 g/mol. The summed E-state index contributed by atoms with van der Waals surface area (Å²) < 4.78 is 0. The topological polar surface area (TPSA) is 34.1 Å². The third kappa shape index (κ3) is 4.16. The van der Waals surface area contributed by atoms with E-state index in [0.717, 1.165) is 45.5 Å². The first kappa shape index (κ1) is 15.2. The molecule has 0 fully saturated rings. The normalized spacial score (nSPS) is 10.2. The van der Waals surface area contributed by atoms with E-state index in [9.17, 15) is 9.59 Å². The number of carbonyl (C=O) groups excluding carboxylic acids is 2. The molecule has 102 valence electrons. The second-order valence-electron chi connectivity index (χ2n) is 4.16. The molecule has 0 saturated heterocycles. The summed E-state index contributed by atoms with van der Waals surface area (Å²) >= 11 is 1.00. The van der Waals surface area contributed by atoms with Crippen LogP contribution in [0.5, 0.6) is 0 Å². The second kappa shape index (κ2) is 8.18. The molecule has 0 aliphatic rings. The third-order valence-electron chi connectivity index (χ3n) is 2.88. The van der Waals surface area contributed by atoms with Gasteiger partial charge in [0.25, 0.3) is 0 Å². The molecule has 0 radical (unpaired) electrons. The van der Waals surface area contributed by atoms with Crippen molar-refractivity contribution >= 4 is 38.8 Å². The van der Waals surface area contributed by atoms with Gasteiger partial charge in [-0.1, -0.05) is 0 Å². The van der Waals surface area contributed by atoms with Crippen LogP contribution >= 0.6 is 0 Å². The van der Waals surface area contributed by atoms with Gasteiger partial charge in [-0.3, -0.25) is 0 Å². The summed E-state index contributed by atoms with van der Waals surface area (Å²) in [6.07, 6.45) is 1.86. The van der Waals surface area contributed by atoms with Gasteiger partial charge >= 0.3 is 130 Å². The van der Waals surface area contributed by atoms with E-state index >= 15 is 0 Å². The number of hydrogen-bond donors (Lipinski definition) is 0. The van der Waals surface area contributed by atoms with Gasteiger partial charge in [0, 0.05) is 0 Å². The maximum absolute atomic E-state index is 10.9. The molecule has 2 nitrogen and oxygen atoms in total. The molecule has 0 aliphatic carbocycles. The van der Waals surface area contributed by atoms with Crippen LogP contribution in [0.15, 0.2) is 48.5 Å². The minimum atomic E-state index is 0.502. The number of aldehydes is 2. The van der Waals surface area contributed by atoms with Crippen molar-refractivity contribution in [2.75, 3.05) is 0 Å². The Morgan fingerprint density at radius 1 is 0.700 bits per heavy atom. The van der Waals surface area contributed by atoms with E-state index in [-0.39, 0.29) is 0 Å². The van der Waals surface area contributed by atoms with Gasteiger partial charge in [-0.15, -0.1) is 0 Å². The first-order valence-corrected chi connectivity index (χ1v) is 12.9. The minimum absolute atomic E-state index is 0.502. The van der Waals surface area contributed by atoms with Crippen LogP contribution in [0.4, 0.5) is 0 Å². The predicted molar refractivity (Wildman–Crippen MR) is 82.6 cm³/mol. The van der Waals surface area contributed by atoms with Crippen LogP contribution in [0.1, 0.15) is 31.8 Å². The summed E-state index contributed by atoms with van der Waals surface area (Å²) in [7, 11) is 0. The first-order chi connectivity index (χ1) is 9.85. The molecule has 2 aromatic rings. The number of hydrogen-bond acceptors (Lipinski definition) is 2. The van der Waals surface area contributed by atoms with Crippen molar-refractivity contribution in [1.82, 2.24) is 0 Å². The third-order valence-corrected chi connectivity index (χ3v) is 9.41. The summed E-state index contributed by atoms with van der Waals surface area (Å²) in [4.78, 5) is 21.9. The molecular formula is C16H14O2Se2. The molecule has 2 rings (SSSR count). The van der Waals surface area contributed by atoms with Crippen molar-refractivity contribution in [3.63, 3.8) is 0 Å². The Kier molecular flexibility index (Phi) is 6.22. The molecule has 0 aromatic heterocycles. The molecule has 0 spiro atoms. The van der Waals surface area contributed by atoms with Crippen molar-refractivity contribution in [2.45, 2.75) is 10.6 Å². The second-order valence-corrected chi connectivity index (χ2v) is 11.5. The van der Waals surface area contributed by atoms with Gasteiger partial charge in [-0.2, -0.15) is 0 Å². The van der Waals surface area contributed by atoms with Crippen LogP contribution in [-0.4, -0.2) is 38.8 Å². The van der Waals surface area contributed by atoms with Crippen LogP contribution < -0.4 is 0 Å². The molecule has 0 atom stereocenters. The fourth-order valence-corrected chi connectivity index (χ4v) is 8.34. The fraction of sp³-hybridized carbons (Fsp3) is 0.125. The zero-order valence-electron chi connectivity index (χ0n) is 10.8. The van der Waals surface area contributed by atoms with Gasteiger partial charge in [0.1, 0.15) is 0 Å². The molecule has 0 heterocycles. The number of carbonyl (C=O) groups is 2. The Hall–Kier alpha value is -1.18. The van der Waals surface area contributed by atoms with E-state index < -0.39 is 0 Å². The molecule has 0 saturated carbocycles. The predicted octanol–water partition coefficient (Wildman–Crippen LogP) is 2.34. The van der Waals surface area contributed by atoms with Crippen molar-refractivity contribution in [2.24, 2.45) is 0 Å². The van der Waals surface area contributed by atoms with E-state index in [1.54, 1.807) is 0 Å². The van der Waals surface area contributed by atoms with E-state index in [0.29, 0.717) is 26.3 Å². The Morgan fingerprint density at radius 3 is 1.50 bits per heavy atom. The van der Waals surface area contributed by atoms with Gasteiger partial charge in [0.2, 0.25) is 0 Å². The summed E-state index contributed by atoms with van der Waals surface area (Å²) in [5.74, 6) is 0. The van der Waals surface area contributed by atoms with Crippen molar-refractivity contribution in [1.29, 1.82) is 0 Å². The summed E-state index contributed by atoms with van der Waals surface area (Å²) in [5.41, 5.74) is 3.90. The van der Waals surface area contributed by atoms with Gasteiger partial charge in [-0.05, 0) is 0 Å². The first-order valence-electron chi connectivity index (χ1n) is 6.15. The van der Waals surface area contributed by atoms with Gasteiger partial charge in [0.15, 0.2) is 0 Å². The summed E-state index contributed by atoms with van der Waals surface area (Å²) in [6.45, 7) is 0. The standard InChI is InChI=1S/C16H14O2Se2/c17-9-13-5-1-3-7-15(13)11-19-20-12-16-8-4-2-6-14(16)10-18/h1-10H,11-12H2. The van der Waals surface area contributed by atoms with Gasteiger partial charge in [0.05, 0.1) is 0 Å². The molecule has 0 aliphatic heterocycles. The Bertz CT molecular complexity index is 543. The van der Waals surface area contributed by atoms with Crippen LogP contribution in [-0.2, 0) is 10.6 Å². The van der Waals surface area contributed by atoms with E-state index in [1.165, 1.54) is 0 Å². The maximum atomic E-state index is 10.9. The zero-order valence-corrected chi connectivity index (χ0v) is 14.2. The van der Waals surface area contributed by atoms with E-state index in [1.807, 2.05) is 48.5 Å². The Balaban J connectivity index is 1.87. The Labute approximate surface area is 129 Å². The van der Waals surface area contributed by atoms with Crippen molar-refractivity contribution < 1.29 is 9.59 Å². The average molecular weight is 396 g/mol. The van der Waals surface area contributed by atoms with Crippen LogP contribution in [0.25, 0.3) is 0 Å². The van der Waals surface area contributed by atoms with Crippen molar-refractivity contribution in [3.05, 3.63) is 70.8 Å². The van der Waals surface area contributed by atoms with Crippen LogP contribution in [0, 0.1) is 0 Å². The number of rotatable bonds is 7. The van der Waals surface area contributed by atoms with Crippen LogP contribution in [0.3, 0.4) is 0 Å². The summed E-state index contributed by atoms with van der Waals surface area (Å²) in [5, 5.41) is 1.98. The quantitative estimate of drug-likeness (QED) is 0.409. The zero-order chi connectivity index (χ0) is 14.2. The molecule has 20 heavy (non-hydrogen) atoms. The van der Waals surface area contributed by atoms with E-state index in [4.69, 9.17) is 0 Å². The van der Waals surface area contributed by atoms with Gasteiger partial charge < -0.3 is 0 Å². The molecule has 4 heteroatoms. The Morgan fingerprint density at radius 2 is 1.10 bits per heavy atom. The number of benzene rings is 2. The molecule has 0 bridgehead atoms. The molecule has 0 N–H and O–H groups in total. The summed E-state index contributed by atoms with van der Waals surface area (Å²) in [6, 6.07) is 15.5. The van der Waals surface area contributed by atoms with Crippen molar-refractivity contribution in [3.8, 4) is 0 Å². The van der Waals surface area contributed by atoms with Crippen LogP contribution in [0.2, 0.25) is 0 Å². The van der Waals surface area contributed by atoms with Gasteiger partial charge in [-0.25, -0.2) is 0 Å².